The van der Waals surface area contributed by atoms with Crippen LogP contribution < -0.4 is 15.4 Å². The number of nitrogens with one attached hydrogen (secondary N) is 2. The Bertz CT molecular complexity index is 679. The third-order valence-corrected chi connectivity index (χ3v) is 5.06. The van der Waals surface area contributed by atoms with E-state index in [0.717, 1.165) is 44.1 Å². The molecule has 1 aromatic heterocycles. The third-order valence-electron chi connectivity index (χ3n) is 3.99. The van der Waals surface area contributed by atoms with Gasteiger partial charge in [0.25, 0.3) is 0 Å². The smallest absolute Gasteiger partial charge is 0.191 e. The van der Waals surface area contributed by atoms with Crippen LogP contribution in [0.15, 0.2) is 29.3 Å². The second-order valence-corrected chi connectivity index (χ2v) is 7.03. The molecule has 0 aliphatic carbocycles. The first-order chi connectivity index (χ1) is 12.2. The molecule has 1 aromatic carbocycles. The summed E-state index contributed by atoms with van der Waals surface area (Å²) in [7, 11) is 3.48. The second-order valence-electron chi connectivity index (χ2n) is 5.74. The quantitative estimate of drug-likeness (QED) is 0.561. The average Bonchev–Trinajstić information content (AvgIpc) is 3.00. The van der Waals surface area contributed by atoms with Gasteiger partial charge in [-0.2, -0.15) is 0 Å². The van der Waals surface area contributed by atoms with Crippen LogP contribution in [0.3, 0.4) is 0 Å². The molecule has 0 aliphatic heterocycles. The molecule has 2 rings (SSSR count). The molecule has 6 heteroatoms. The van der Waals surface area contributed by atoms with Crippen molar-refractivity contribution in [1.82, 2.24) is 15.6 Å². The molecule has 1 heterocycles. The molecule has 0 saturated heterocycles. The molecule has 136 valence electrons. The Morgan fingerprint density at radius 3 is 2.40 bits per heavy atom. The van der Waals surface area contributed by atoms with Crippen molar-refractivity contribution >= 4 is 17.3 Å². The Balaban J connectivity index is 1.71. The molecule has 0 saturated carbocycles. The van der Waals surface area contributed by atoms with E-state index in [4.69, 9.17) is 4.74 Å². The van der Waals surface area contributed by atoms with Crippen molar-refractivity contribution in [2.24, 2.45) is 4.99 Å². The summed E-state index contributed by atoms with van der Waals surface area (Å²) in [6, 6.07) is 8.16. The van der Waals surface area contributed by atoms with Gasteiger partial charge in [0.05, 0.1) is 17.8 Å². The van der Waals surface area contributed by atoms with Gasteiger partial charge in [-0.1, -0.05) is 19.1 Å². The van der Waals surface area contributed by atoms with Gasteiger partial charge in [0.1, 0.15) is 5.75 Å². The van der Waals surface area contributed by atoms with Gasteiger partial charge < -0.3 is 15.4 Å². The number of aromatic nitrogens is 1. The Morgan fingerprint density at radius 2 is 1.84 bits per heavy atom. The van der Waals surface area contributed by atoms with Crippen LogP contribution in [0.1, 0.15) is 28.1 Å². The molecular formula is C19H28N4OS. The molecule has 0 fully saturated rings. The number of rotatable bonds is 8. The van der Waals surface area contributed by atoms with Crippen LogP contribution in [0, 0.1) is 6.92 Å². The van der Waals surface area contributed by atoms with Crippen molar-refractivity contribution in [1.29, 1.82) is 0 Å². The van der Waals surface area contributed by atoms with Crippen LogP contribution in [0.2, 0.25) is 0 Å². The molecule has 2 aromatic rings. The van der Waals surface area contributed by atoms with E-state index < -0.39 is 0 Å². The number of hydrogen-bond donors (Lipinski definition) is 2. The molecule has 2 N–H and O–H groups in total. The van der Waals surface area contributed by atoms with Gasteiger partial charge >= 0.3 is 0 Å². The van der Waals surface area contributed by atoms with E-state index in [2.05, 4.69) is 46.6 Å². The number of benzene rings is 1. The highest BCUT2D eigenvalue weighted by Gasteiger charge is 2.06. The van der Waals surface area contributed by atoms with Crippen LogP contribution in [-0.4, -0.2) is 38.2 Å². The van der Waals surface area contributed by atoms with E-state index in [1.165, 1.54) is 21.1 Å². The normalized spacial score (nSPS) is 11.4. The fourth-order valence-corrected chi connectivity index (χ4v) is 3.57. The number of aryl methyl sites for hydroxylation is 2. The van der Waals surface area contributed by atoms with Crippen molar-refractivity contribution in [3.8, 4) is 5.75 Å². The summed E-state index contributed by atoms with van der Waals surface area (Å²) in [5, 5.41) is 7.90. The van der Waals surface area contributed by atoms with Crippen molar-refractivity contribution < 1.29 is 4.74 Å². The van der Waals surface area contributed by atoms with Crippen molar-refractivity contribution in [3.63, 3.8) is 0 Å². The van der Waals surface area contributed by atoms with Crippen LogP contribution in [0.4, 0.5) is 0 Å². The van der Waals surface area contributed by atoms with Crippen molar-refractivity contribution in [3.05, 3.63) is 45.4 Å². The first-order valence-corrected chi connectivity index (χ1v) is 9.50. The zero-order valence-corrected chi connectivity index (χ0v) is 16.4. The van der Waals surface area contributed by atoms with Crippen LogP contribution >= 0.6 is 11.3 Å². The highest BCUT2D eigenvalue weighted by Crippen LogP contribution is 2.17. The van der Waals surface area contributed by atoms with Gasteiger partial charge in [-0.15, -0.1) is 11.3 Å². The lowest BCUT2D eigenvalue weighted by Gasteiger charge is -2.11. The Hall–Kier alpha value is -2.08. The highest BCUT2D eigenvalue weighted by atomic mass is 32.1. The monoisotopic (exact) mass is 360 g/mol. The van der Waals surface area contributed by atoms with Gasteiger partial charge in [-0.25, -0.2) is 4.98 Å². The van der Waals surface area contributed by atoms with Crippen molar-refractivity contribution in [2.45, 2.75) is 33.1 Å². The number of hydrogen-bond acceptors (Lipinski definition) is 4. The molecule has 0 unspecified atom stereocenters. The molecular weight excluding hydrogens is 332 g/mol. The summed E-state index contributed by atoms with van der Waals surface area (Å²) in [5.41, 5.74) is 2.50. The lowest BCUT2D eigenvalue weighted by molar-refractivity contribution is 0.414. The predicted octanol–water partition coefficient (Wildman–Crippen LogP) is 2.97. The summed E-state index contributed by atoms with van der Waals surface area (Å²) < 4.78 is 5.18. The van der Waals surface area contributed by atoms with Crippen LogP contribution in [0.25, 0.3) is 0 Å². The molecule has 0 radical (unpaired) electrons. The number of nitrogens with zero attached hydrogens (tertiary/aromatic N) is 2. The van der Waals surface area contributed by atoms with Gasteiger partial charge in [0.2, 0.25) is 0 Å². The predicted molar refractivity (Wildman–Crippen MR) is 106 cm³/mol. The summed E-state index contributed by atoms with van der Waals surface area (Å²) >= 11 is 1.79. The third kappa shape index (κ3) is 6.05. The number of thiazole rings is 1. The maximum Gasteiger partial charge on any atom is 0.191 e. The summed E-state index contributed by atoms with van der Waals surface area (Å²) in [4.78, 5) is 10.3. The molecule has 0 amide bonds. The topological polar surface area (TPSA) is 58.5 Å². The Labute approximate surface area is 154 Å². The van der Waals surface area contributed by atoms with Crippen molar-refractivity contribution in [2.75, 3.05) is 27.2 Å². The van der Waals surface area contributed by atoms with Crippen LogP contribution in [-0.2, 0) is 19.3 Å². The minimum absolute atomic E-state index is 0.831. The fourth-order valence-electron chi connectivity index (χ4n) is 2.55. The van der Waals surface area contributed by atoms with Gasteiger partial charge in [-0.3, -0.25) is 4.99 Å². The fraction of sp³-hybridized carbons (Fsp3) is 0.474. The van der Waals surface area contributed by atoms with E-state index in [1.807, 2.05) is 12.1 Å². The first kappa shape index (κ1) is 19.2. The number of guanidine groups is 1. The van der Waals surface area contributed by atoms with E-state index in [9.17, 15) is 0 Å². The molecule has 0 bridgehead atoms. The first-order valence-electron chi connectivity index (χ1n) is 8.68. The van der Waals surface area contributed by atoms with E-state index in [0.29, 0.717) is 0 Å². The minimum atomic E-state index is 0.831. The molecule has 5 nitrogen and oxygen atoms in total. The molecule has 25 heavy (non-hydrogen) atoms. The van der Waals surface area contributed by atoms with E-state index in [-0.39, 0.29) is 0 Å². The molecule has 0 atom stereocenters. The standard InChI is InChI=1S/C19H28N4OS/c1-5-17-14(2)25-18(23-17)11-13-22-19(20-3)21-12-10-15-6-8-16(24-4)9-7-15/h6-9H,5,10-13H2,1-4H3,(H2,20,21,22). The summed E-state index contributed by atoms with van der Waals surface area (Å²) in [5.74, 6) is 1.72. The molecule has 0 aliphatic rings. The van der Waals surface area contributed by atoms with Gasteiger partial charge in [0, 0.05) is 31.4 Å². The highest BCUT2D eigenvalue weighted by molar-refractivity contribution is 7.11. The maximum absolute atomic E-state index is 5.18. The zero-order valence-electron chi connectivity index (χ0n) is 15.6. The van der Waals surface area contributed by atoms with E-state index >= 15 is 0 Å². The summed E-state index contributed by atoms with van der Waals surface area (Å²) in [6.07, 6.45) is 2.87. The number of ether oxygens (including phenoxy) is 1. The Kier molecular flexibility index (Phi) is 7.73. The summed E-state index contributed by atoms with van der Waals surface area (Å²) in [6.45, 7) is 5.96. The maximum atomic E-state index is 5.18. The lowest BCUT2D eigenvalue weighted by atomic mass is 10.1. The van der Waals surface area contributed by atoms with Gasteiger partial charge in [-0.05, 0) is 37.5 Å². The number of methoxy groups -OCH3 is 1. The van der Waals surface area contributed by atoms with Crippen LogP contribution in [0.5, 0.6) is 5.75 Å². The number of aliphatic imine (C=N–C) groups is 1. The Morgan fingerprint density at radius 1 is 1.16 bits per heavy atom. The van der Waals surface area contributed by atoms with E-state index in [1.54, 1.807) is 25.5 Å². The van der Waals surface area contributed by atoms with Gasteiger partial charge in [0.15, 0.2) is 5.96 Å². The minimum Gasteiger partial charge on any atom is -0.497 e. The SMILES string of the molecule is CCc1nc(CCNC(=NC)NCCc2ccc(OC)cc2)sc1C. The zero-order chi connectivity index (χ0) is 18.1. The largest absolute Gasteiger partial charge is 0.497 e. The average molecular weight is 361 g/mol. The lowest BCUT2D eigenvalue weighted by Crippen LogP contribution is -2.39. The molecule has 0 spiro atoms. The second kappa shape index (κ2) is 10.0.